The van der Waals surface area contributed by atoms with Gasteiger partial charge in [0.05, 0.1) is 0 Å². The minimum atomic E-state index is -0.0254. The van der Waals surface area contributed by atoms with Gasteiger partial charge in [0.25, 0.3) is 5.91 Å². The molecule has 0 aliphatic rings. The molecule has 1 N–H and O–H groups in total. The van der Waals surface area contributed by atoms with Crippen molar-refractivity contribution in [3.8, 4) is 0 Å². The second-order valence-electron chi connectivity index (χ2n) is 5.37. The number of carbonyl (C=O) groups excluding carboxylic acids is 1. The van der Waals surface area contributed by atoms with Crippen molar-refractivity contribution in [2.45, 2.75) is 39.2 Å². The van der Waals surface area contributed by atoms with E-state index in [0.29, 0.717) is 12.5 Å². The summed E-state index contributed by atoms with van der Waals surface area (Å²) in [6.45, 7) is 4.74. The Labute approximate surface area is 140 Å². The molecule has 0 unspecified atom stereocenters. The summed E-state index contributed by atoms with van der Waals surface area (Å²) in [7, 11) is 0. The number of carbonyl (C=O) groups is 1. The molecule has 2 aromatic rings. The van der Waals surface area contributed by atoms with Crippen molar-refractivity contribution in [3.05, 3.63) is 58.8 Å². The van der Waals surface area contributed by atoms with Crippen LogP contribution in [0, 0.1) is 0 Å². The number of rotatable bonds is 6. The first-order valence-corrected chi connectivity index (χ1v) is 8.46. The largest absolute Gasteiger partial charge is 0.321 e. The van der Waals surface area contributed by atoms with Crippen LogP contribution in [-0.4, -0.2) is 5.91 Å². The molecule has 0 saturated heterocycles. The standard InChI is InChI=1S/C18H21BrN2O/c1-3-14(4-2)15-9-11-21(12-10-15)13-18(22)20-17-7-5-16(19)6-8-17/h5-12,14H,3-4,13H2,1-2H3/p+1. The Bertz CT molecular complexity index is 604. The van der Waals surface area contributed by atoms with E-state index in [1.165, 1.54) is 5.56 Å². The maximum Gasteiger partial charge on any atom is 0.290 e. The number of amides is 1. The molecule has 0 spiro atoms. The van der Waals surface area contributed by atoms with Crippen LogP contribution in [0.1, 0.15) is 38.2 Å². The Morgan fingerprint density at radius 1 is 1.09 bits per heavy atom. The Morgan fingerprint density at radius 3 is 2.23 bits per heavy atom. The van der Waals surface area contributed by atoms with Crippen molar-refractivity contribution in [2.75, 3.05) is 5.32 Å². The van der Waals surface area contributed by atoms with Gasteiger partial charge in [0.15, 0.2) is 12.4 Å². The molecular formula is C18H22BrN2O+. The van der Waals surface area contributed by atoms with Crippen LogP contribution in [0.2, 0.25) is 0 Å². The van der Waals surface area contributed by atoms with Crippen LogP contribution in [0.5, 0.6) is 0 Å². The molecular weight excluding hydrogens is 340 g/mol. The summed E-state index contributed by atoms with van der Waals surface area (Å²) in [4.78, 5) is 12.1. The molecule has 0 fully saturated rings. The van der Waals surface area contributed by atoms with E-state index in [2.05, 4.69) is 47.2 Å². The SMILES string of the molecule is CCC(CC)c1cc[n+](CC(=O)Nc2ccc(Br)cc2)cc1. The molecule has 22 heavy (non-hydrogen) atoms. The summed E-state index contributed by atoms with van der Waals surface area (Å²) in [5.41, 5.74) is 2.15. The van der Waals surface area contributed by atoms with E-state index in [-0.39, 0.29) is 5.91 Å². The number of pyridine rings is 1. The fourth-order valence-corrected chi connectivity index (χ4v) is 2.77. The van der Waals surface area contributed by atoms with Gasteiger partial charge in [-0.15, -0.1) is 0 Å². The number of benzene rings is 1. The van der Waals surface area contributed by atoms with Gasteiger partial charge in [-0.3, -0.25) is 4.79 Å². The second-order valence-corrected chi connectivity index (χ2v) is 6.29. The van der Waals surface area contributed by atoms with E-state index in [4.69, 9.17) is 0 Å². The van der Waals surface area contributed by atoms with E-state index in [0.717, 1.165) is 23.0 Å². The molecule has 0 aliphatic heterocycles. The van der Waals surface area contributed by atoms with E-state index in [1.807, 2.05) is 41.2 Å². The monoisotopic (exact) mass is 361 g/mol. The van der Waals surface area contributed by atoms with Gasteiger partial charge >= 0.3 is 0 Å². The molecule has 0 radical (unpaired) electrons. The van der Waals surface area contributed by atoms with Gasteiger partial charge in [-0.1, -0.05) is 29.8 Å². The van der Waals surface area contributed by atoms with Crippen LogP contribution < -0.4 is 9.88 Å². The zero-order chi connectivity index (χ0) is 15.9. The van der Waals surface area contributed by atoms with Gasteiger partial charge in [0.2, 0.25) is 6.54 Å². The highest BCUT2D eigenvalue weighted by Crippen LogP contribution is 2.21. The molecule has 0 atom stereocenters. The number of halogens is 1. The van der Waals surface area contributed by atoms with E-state index >= 15 is 0 Å². The third-order valence-electron chi connectivity index (χ3n) is 3.83. The van der Waals surface area contributed by atoms with Gasteiger partial charge in [0, 0.05) is 22.3 Å². The fraction of sp³-hybridized carbons (Fsp3) is 0.333. The number of nitrogens with zero attached hydrogens (tertiary/aromatic N) is 1. The fourth-order valence-electron chi connectivity index (χ4n) is 2.51. The summed E-state index contributed by atoms with van der Waals surface area (Å²) >= 11 is 3.38. The van der Waals surface area contributed by atoms with Crippen LogP contribution in [-0.2, 0) is 11.3 Å². The molecule has 1 aromatic carbocycles. The van der Waals surface area contributed by atoms with Crippen LogP contribution in [0.15, 0.2) is 53.3 Å². The zero-order valence-corrected chi connectivity index (χ0v) is 14.6. The average molecular weight is 362 g/mol. The normalized spacial score (nSPS) is 10.7. The molecule has 0 aliphatic carbocycles. The summed E-state index contributed by atoms with van der Waals surface area (Å²) < 4.78 is 2.90. The van der Waals surface area contributed by atoms with Crippen molar-refractivity contribution < 1.29 is 9.36 Å². The van der Waals surface area contributed by atoms with E-state index < -0.39 is 0 Å². The van der Waals surface area contributed by atoms with Crippen molar-refractivity contribution in [1.82, 2.24) is 0 Å². The highest BCUT2D eigenvalue weighted by Gasteiger charge is 2.12. The lowest BCUT2D eigenvalue weighted by molar-refractivity contribution is -0.684. The van der Waals surface area contributed by atoms with Gasteiger partial charge in [-0.25, -0.2) is 0 Å². The first kappa shape index (κ1) is 16.7. The second kappa shape index (κ2) is 8.08. The van der Waals surface area contributed by atoms with Crippen LogP contribution >= 0.6 is 15.9 Å². The minimum Gasteiger partial charge on any atom is -0.321 e. The van der Waals surface area contributed by atoms with Crippen molar-refractivity contribution in [1.29, 1.82) is 0 Å². The highest BCUT2D eigenvalue weighted by atomic mass is 79.9. The van der Waals surface area contributed by atoms with Gasteiger partial charge in [0.1, 0.15) is 0 Å². The summed E-state index contributed by atoms with van der Waals surface area (Å²) in [6.07, 6.45) is 6.25. The Balaban J connectivity index is 1.95. The first-order chi connectivity index (χ1) is 10.6. The number of nitrogens with one attached hydrogen (secondary N) is 1. The molecule has 1 aromatic heterocycles. The zero-order valence-electron chi connectivity index (χ0n) is 13.1. The smallest absolute Gasteiger partial charge is 0.290 e. The summed E-state index contributed by atoms with van der Waals surface area (Å²) in [6, 6.07) is 11.8. The van der Waals surface area contributed by atoms with Gasteiger partial charge in [-0.05, 0) is 48.6 Å². The molecule has 1 amide bonds. The number of aromatic nitrogens is 1. The average Bonchev–Trinajstić information content (AvgIpc) is 2.52. The predicted octanol–water partition coefficient (Wildman–Crippen LogP) is 4.28. The number of anilines is 1. The molecule has 0 bridgehead atoms. The van der Waals surface area contributed by atoms with Gasteiger partial charge in [-0.2, -0.15) is 4.57 Å². The van der Waals surface area contributed by atoms with Gasteiger partial charge < -0.3 is 5.32 Å². The van der Waals surface area contributed by atoms with E-state index in [1.54, 1.807) is 0 Å². The van der Waals surface area contributed by atoms with Crippen molar-refractivity contribution in [2.24, 2.45) is 0 Å². The Kier molecular flexibility index (Phi) is 6.13. The summed E-state index contributed by atoms with van der Waals surface area (Å²) in [5.74, 6) is 0.578. The molecule has 116 valence electrons. The molecule has 2 rings (SSSR count). The number of hydrogen-bond acceptors (Lipinski definition) is 1. The van der Waals surface area contributed by atoms with Crippen LogP contribution in [0.4, 0.5) is 5.69 Å². The lowest BCUT2D eigenvalue weighted by Crippen LogP contribution is -2.39. The Hall–Kier alpha value is -1.68. The first-order valence-electron chi connectivity index (χ1n) is 7.66. The van der Waals surface area contributed by atoms with Crippen LogP contribution in [0.25, 0.3) is 0 Å². The lowest BCUT2D eigenvalue weighted by atomic mass is 9.95. The predicted molar refractivity (Wildman–Crippen MR) is 92.7 cm³/mol. The lowest BCUT2D eigenvalue weighted by Gasteiger charge is -2.11. The quantitative estimate of drug-likeness (QED) is 0.765. The highest BCUT2D eigenvalue weighted by molar-refractivity contribution is 9.10. The topological polar surface area (TPSA) is 33.0 Å². The van der Waals surface area contributed by atoms with Crippen molar-refractivity contribution in [3.63, 3.8) is 0 Å². The van der Waals surface area contributed by atoms with Crippen LogP contribution in [0.3, 0.4) is 0 Å². The maximum atomic E-state index is 12.1. The van der Waals surface area contributed by atoms with E-state index in [9.17, 15) is 4.79 Å². The maximum absolute atomic E-state index is 12.1. The minimum absolute atomic E-state index is 0.0254. The number of hydrogen-bond donors (Lipinski definition) is 1. The molecule has 0 saturated carbocycles. The Morgan fingerprint density at radius 2 is 1.68 bits per heavy atom. The summed E-state index contributed by atoms with van der Waals surface area (Å²) in [5, 5.41) is 2.90. The van der Waals surface area contributed by atoms with Crippen molar-refractivity contribution >= 4 is 27.5 Å². The molecule has 1 heterocycles. The third kappa shape index (κ3) is 4.67. The molecule has 4 heteroatoms. The third-order valence-corrected chi connectivity index (χ3v) is 4.36. The molecule has 3 nitrogen and oxygen atoms in total.